The summed E-state index contributed by atoms with van der Waals surface area (Å²) in [6.45, 7) is 2.90. The predicted molar refractivity (Wildman–Crippen MR) is 83.5 cm³/mol. The maximum atomic E-state index is 11.5. The van der Waals surface area contributed by atoms with Crippen LogP contribution < -0.4 is 16.4 Å². The van der Waals surface area contributed by atoms with Crippen molar-refractivity contribution < 1.29 is 9.53 Å². The van der Waals surface area contributed by atoms with E-state index in [2.05, 4.69) is 15.6 Å². The Labute approximate surface area is 123 Å². The molecule has 0 unspecified atom stereocenters. The van der Waals surface area contributed by atoms with Crippen molar-refractivity contribution in [1.29, 1.82) is 0 Å². The molecule has 1 aromatic heterocycles. The molecule has 112 valence electrons. The Morgan fingerprint density at radius 3 is 2.86 bits per heavy atom. The summed E-state index contributed by atoms with van der Waals surface area (Å²) in [5, 5.41) is 7.40. The van der Waals surface area contributed by atoms with Gasteiger partial charge in [0, 0.05) is 38.3 Å². The summed E-state index contributed by atoms with van der Waals surface area (Å²) in [6, 6.07) is 7.66. The van der Waals surface area contributed by atoms with E-state index in [1.54, 1.807) is 7.11 Å². The number of primary amides is 1. The number of para-hydroxylation sites is 1. The lowest BCUT2D eigenvalue weighted by atomic mass is 10.1. The fourth-order valence-corrected chi connectivity index (χ4v) is 2.09. The average Bonchev–Trinajstić information content (AvgIpc) is 2.50. The SMILES string of the molecule is COCCNCCNc1c(C(N)=O)cnc2ccccc12. The second-order valence-electron chi connectivity index (χ2n) is 4.60. The predicted octanol–water partition coefficient (Wildman–Crippen LogP) is 0.982. The minimum absolute atomic E-state index is 0.408. The quantitative estimate of drug-likeness (QED) is 0.630. The van der Waals surface area contributed by atoms with Gasteiger partial charge in [-0.1, -0.05) is 18.2 Å². The third-order valence-electron chi connectivity index (χ3n) is 3.13. The number of nitrogens with two attached hydrogens (primary N) is 1. The second kappa shape index (κ2) is 7.56. The summed E-state index contributed by atoms with van der Waals surface area (Å²) in [7, 11) is 1.67. The Balaban J connectivity index is 2.12. The summed E-state index contributed by atoms with van der Waals surface area (Å²) in [5.41, 5.74) is 7.40. The van der Waals surface area contributed by atoms with Gasteiger partial charge in [0.25, 0.3) is 5.91 Å². The van der Waals surface area contributed by atoms with Crippen LogP contribution >= 0.6 is 0 Å². The molecular formula is C15H20N4O2. The first-order valence-corrected chi connectivity index (χ1v) is 6.85. The minimum atomic E-state index is -0.483. The molecule has 6 nitrogen and oxygen atoms in total. The van der Waals surface area contributed by atoms with Gasteiger partial charge in [-0.15, -0.1) is 0 Å². The molecule has 0 radical (unpaired) electrons. The number of ether oxygens (including phenoxy) is 1. The van der Waals surface area contributed by atoms with Crippen LogP contribution in [0.4, 0.5) is 5.69 Å². The molecule has 0 saturated carbocycles. The number of fused-ring (bicyclic) bond motifs is 1. The van der Waals surface area contributed by atoms with Crippen LogP contribution in [0, 0.1) is 0 Å². The minimum Gasteiger partial charge on any atom is -0.383 e. The third kappa shape index (κ3) is 3.90. The normalized spacial score (nSPS) is 10.7. The highest BCUT2D eigenvalue weighted by Crippen LogP contribution is 2.25. The number of carbonyl (C=O) groups excluding carboxylic acids is 1. The molecule has 0 aliphatic heterocycles. The molecule has 0 spiro atoms. The van der Waals surface area contributed by atoms with E-state index >= 15 is 0 Å². The van der Waals surface area contributed by atoms with Gasteiger partial charge in [0.15, 0.2) is 0 Å². The van der Waals surface area contributed by atoms with E-state index < -0.39 is 5.91 Å². The Hall–Kier alpha value is -2.18. The number of rotatable bonds is 8. The van der Waals surface area contributed by atoms with Gasteiger partial charge in [-0.2, -0.15) is 0 Å². The molecule has 0 bridgehead atoms. The number of methoxy groups -OCH3 is 1. The van der Waals surface area contributed by atoms with Crippen molar-refractivity contribution in [3.05, 3.63) is 36.0 Å². The standard InChI is InChI=1S/C15H20N4O2/c1-21-9-8-17-6-7-18-14-11-4-2-3-5-13(11)19-10-12(14)15(16)20/h2-5,10,17H,6-9H2,1H3,(H2,16,20)(H,18,19). The summed E-state index contributed by atoms with van der Waals surface area (Å²) in [5.74, 6) is -0.483. The topological polar surface area (TPSA) is 89.3 Å². The van der Waals surface area contributed by atoms with E-state index in [4.69, 9.17) is 10.5 Å². The van der Waals surface area contributed by atoms with Crippen molar-refractivity contribution in [2.24, 2.45) is 5.73 Å². The van der Waals surface area contributed by atoms with E-state index in [0.717, 1.165) is 29.7 Å². The Kier molecular flexibility index (Phi) is 5.48. The van der Waals surface area contributed by atoms with Gasteiger partial charge in [-0.25, -0.2) is 0 Å². The first-order valence-electron chi connectivity index (χ1n) is 6.85. The van der Waals surface area contributed by atoms with Crippen molar-refractivity contribution in [2.75, 3.05) is 38.7 Å². The van der Waals surface area contributed by atoms with Crippen LogP contribution in [-0.4, -0.2) is 44.2 Å². The average molecular weight is 288 g/mol. The molecule has 0 saturated heterocycles. The molecule has 4 N–H and O–H groups in total. The van der Waals surface area contributed by atoms with Crippen molar-refractivity contribution in [1.82, 2.24) is 10.3 Å². The van der Waals surface area contributed by atoms with Crippen LogP contribution in [0.3, 0.4) is 0 Å². The number of hydrogen-bond acceptors (Lipinski definition) is 5. The monoisotopic (exact) mass is 288 g/mol. The first kappa shape index (κ1) is 15.2. The van der Waals surface area contributed by atoms with Crippen LogP contribution in [0.5, 0.6) is 0 Å². The zero-order chi connectivity index (χ0) is 15.1. The number of hydrogen-bond donors (Lipinski definition) is 3. The zero-order valence-electron chi connectivity index (χ0n) is 12.1. The molecular weight excluding hydrogens is 268 g/mol. The van der Waals surface area contributed by atoms with Crippen LogP contribution in [0.15, 0.2) is 30.5 Å². The molecule has 0 aliphatic rings. The molecule has 1 aromatic carbocycles. The molecule has 1 amide bonds. The molecule has 1 heterocycles. The lowest BCUT2D eigenvalue weighted by molar-refractivity contribution is 0.100. The molecule has 6 heteroatoms. The number of amides is 1. The van der Waals surface area contributed by atoms with Gasteiger partial charge in [0.05, 0.1) is 23.4 Å². The highest BCUT2D eigenvalue weighted by atomic mass is 16.5. The molecule has 2 aromatic rings. The van der Waals surface area contributed by atoms with Gasteiger partial charge in [0.2, 0.25) is 0 Å². The van der Waals surface area contributed by atoms with Gasteiger partial charge >= 0.3 is 0 Å². The lowest BCUT2D eigenvalue weighted by Gasteiger charge is -2.13. The number of pyridine rings is 1. The maximum absolute atomic E-state index is 11.5. The summed E-state index contributed by atoms with van der Waals surface area (Å²) < 4.78 is 4.96. The number of nitrogens with zero attached hydrogens (tertiary/aromatic N) is 1. The second-order valence-corrected chi connectivity index (χ2v) is 4.60. The molecule has 0 aliphatic carbocycles. The number of benzene rings is 1. The first-order chi connectivity index (χ1) is 10.2. The van der Waals surface area contributed by atoms with E-state index in [-0.39, 0.29) is 0 Å². The van der Waals surface area contributed by atoms with Crippen LogP contribution in [0.1, 0.15) is 10.4 Å². The molecule has 0 atom stereocenters. The highest BCUT2D eigenvalue weighted by Gasteiger charge is 2.12. The summed E-state index contributed by atoms with van der Waals surface area (Å²) in [4.78, 5) is 15.8. The maximum Gasteiger partial charge on any atom is 0.252 e. The molecule has 2 rings (SSSR count). The Morgan fingerprint density at radius 2 is 2.10 bits per heavy atom. The van der Waals surface area contributed by atoms with Gasteiger partial charge in [-0.3, -0.25) is 9.78 Å². The van der Waals surface area contributed by atoms with Crippen LogP contribution in [0.25, 0.3) is 10.9 Å². The van der Waals surface area contributed by atoms with E-state index in [9.17, 15) is 4.79 Å². The van der Waals surface area contributed by atoms with Crippen LogP contribution in [0.2, 0.25) is 0 Å². The number of aromatic nitrogens is 1. The lowest BCUT2D eigenvalue weighted by Crippen LogP contribution is -2.26. The van der Waals surface area contributed by atoms with Crippen molar-refractivity contribution in [2.45, 2.75) is 0 Å². The van der Waals surface area contributed by atoms with Gasteiger partial charge in [-0.05, 0) is 6.07 Å². The van der Waals surface area contributed by atoms with E-state index in [1.165, 1.54) is 6.20 Å². The third-order valence-corrected chi connectivity index (χ3v) is 3.13. The summed E-state index contributed by atoms with van der Waals surface area (Å²) in [6.07, 6.45) is 1.52. The van der Waals surface area contributed by atoms with E-state index in [0.29, 0.717) is 18.7 Å². The fraction of sp³-hybridized carbons (Fsp3) is 0.333. The smallest absolute Gasteiger partial charge is 0.252 e. The number of carbonyl (C=O) groups is 1. The zero-order valence-corrected chi connectivity index (χ0v) is 12.1. The molecule has 21 heavy (non-hydrogen) atoms. The van der Waals surface area contributed by atoms with E-state index in [1.807, 2.05) is 24.3 Å². The van der Waals surface area contributed by atoms with Gasteiger partial charge < -0.3 is 21.1 Å². The highest BCUT2D eigenvalue weighted by molar-refractivity contribution is 6.06. The molecule has 0 fully saturated rings. The van der Waals surface area contributed by atoms with Crippen molar-refractivity contribution >= 4 is 22.5 Å². The fourth-order valence-electron chi connectivity index (χ4n) is 2.09. The number of nitrogens with one attached hydrogen (secondary N) is 2. The number of anilines is 1. The largest absolute Gasteiger partial charge is 0.383 e. The van der Waals surface area contributed by atoms with Crippen molar-refractivity contribution in [3.63, 3.8) is 0 Å². The Morgan fingerprint density at radius 1 is 1.29 bits per heavy atom. The van der Waals surface area contributed by atoms with Gasteiger partial charge in [0.1, 0.15) is 0 Å². The summed E-state index contributed by atoms with van der Waals surface area (Å²) >= 11 is 0. The van der Waals surface area contributed by atoms with Crippen LogP contribution in [-0.2, 0) is 4.74 Å². The van der Waals surface area contributed by atoms with Crippen molar-refractivity contribution in [3.8, 4) is 0 Å². The Bertz CT molecular complexity index is 616.